The third kappa shape index (κ3) is 10.3. The first-order chi connectivity index (χ1) is 10.4. The van der Waals surface area contributed by atoms with Crippen LogP contribution in [0.25, 0.3) is 0 Å². The lowest BCUT2D eigenvalue weighted by atomic mass is 9.84. The van der Waals surface area contributed by atoms with E-state index >= 15 is 0 Å². The molecule has 21 heavy (non-hydrogen) atoms. The number of rotatable bonds is 13. The molecule has 0 amide bonds. The summed E-state index contributed by atoms with van der Waals surface area (Å²) in [7, 11) is 0. The fraction of sp³-hybridized carbons (Fsp3) is 1.00. The van der Waals surface area contributed by atoms with E-state index in [0.717, 1.165) is 12.0 Å². The largest absolute Gasteiger partial charge is 0.314 e. The predicted molar refractivity (Wildman–Crippen MR) is 95.9 cm³/mol. The fourth-order valence-corrected chi connectivity index (χ4v) is 3.77. The number of hydrogen-bond acceptors (Lipinski definition) is 1. The van der Waals surface area contributed by atoms with Gasteiger partial charge in [-0.05, 0) is 31.7 Å². The molecule has 0 aromatic carbocycles. The van der Waals surface area contributed by atoms with Crippen LogP contribution in [0.5, 0.6) is 0 Å². The van der Waals surface area contributed by atoms with E-state index < -0.39 is 0 Å². The summed E-state index contributed by atoms with van der Waals surface area (Å²) in [4.78, 5) is 0. The SMILES string of the molecule is CCCCCCCCCCCCNC1CCCC(CC)C1. The Hall–Kier alpha value is -0.0400. The lowest BCUT2D eigenvalue weighted by Gasteiger charge is -2.29. The Labute approximate surface area is 134 Å². The summed E-state index contributed by atoms with van der Waals surface area (Å²) in [6.07, 6.45) is 21.6. The first kappa shape index (κ1) is 19.0. The summed E-state index contributed by atoms with van der Waals surface area (Å²) in [5.41, 5.74) is 0. The van der Waals surface area contributed by atoms with Gasteiger partial charge in [-0.3, -0.25) is 0 Å². The van der Waals surface area contributed by atoms with E-state index in [1.807, 2.05) is 0 Å². The number of hydrogen-bond donors (Lipinski definition) is 1. The second-order valence-corrected chi connectivity index (χ2v) is 7.27. The zero-order chi connectivity index (χ0) is 15.2. The molecule has 1 heteroatoms. The van der Waals surface area contributed by atoms with Crippen LogP contribution in [0.3, 0.4) is 0 Å². The van der Waals surface area contributed by atoms with Crippen molar-refractivity contribution in [3.8, 4) is 0 Å². The minimum absolute atomic E-state index is 0.835. The molecule has 0 aliphatic heterocycles. The minimum atomic E-state index is 0.835. The van der Waals surface area contributed by atoms with E-state index in [1.54, 1.807) is 0 Å². The second kappa shape index (κ2) is 13.6. The highest BCUT2D eigenvalue weighted by Gasteiger charge is 2.19. The maximum absolute atomic E-state index is 3.81. The van der Waals surface area contributed by atoms with Crippen LogP contribution in [0, 0.1) is 5.92 Å². The normalized spacial score (nSPS) is 22.6. The van der Waals surface area contributed by atoms with Gasteiger partial charge in [-0.15, -0.1) is 0 Å². The van der Waals surface area contributed by atoms with Gasteiger partial charge in [0.1, 0.15) is 0 Å². The van der Waals surface area contributed by atoms with Gasteiger partial charge in [0.25, 0.3) is 0 Å². The summed E-state index contributed by atoms with van der Waals surface area (Å²) < 4.78 is 0. The third-order valence-electron chi connectivity index (χ3n) is 5.32. The van der Waals surface area contributed by atoms with Crippen molar-refractivity contribution in [3.05, 3.63) is 0 Å². The topological polar surface area (TPSA) is 12.0 Å². The van der Waals surface area contributed by atoms with Gasteiger partial charge in [-0.2, -0.15) is 0 Å². The van der Waals surface area contributed by atoms with Gasteiger partial charge in [-0.1, -0.05) is 90.9 Å². The van der Waals surface area contributed by atoms with Crippen LogP contribution in [0.4, 0.5) is 0 Å². The van der Waals surface area contributed by atoms with Crippen molar-refractivity contribution in [3.63, 3.8) is 0 Å². The molecule has 1 nitrogen and oxygen atoms in total. The molecular weight excluding hydrogens is 254 g/mol. The Kier molecular flexibility index (Phi) is 12.3. The molecule has 0 aromatic heterocycles. The van der Waals surface area contributed by atoms with Crippen LogP contribution in [0.2, 0.25) is 0 Å². The van der Waals surface area contributed by atoms with Crippen LogP contribution in [0.15, 0.2) is 0 Å². The molecule has 2 unspecified atom stereocenters. The van der Waals surface area contributed by atoms with Crippen molar-refractivity contribution in [2.24, 2.45) is 5.92 Å². The van der Waals surface area contributed by atoms with Crippen molar-refractivity contribution in [2.45, 2.75) is 116 Å². The van der Waals surface area contributed by atoms with E-state index in [9.17, 15) is 0 Å². The standard InChI is InChI=1S/C20H41N/c1-3-5-6-7-8-9-10-11-12-13-17-21-20-16-14-15-19(4-2)18-20/h19-21H,3-18H2,1-2H3. The summed E-state index contributed by atoms with van der Waals surface area (Å²) in [5.74, 6) is 1.00. The maximum atomic E-state index is 3.81. The molecule has 126 valence electrons. The second-order valence-electron chi connectivity index (χ2n) is 7.27. The van der Waals surface area contributed by atoms with E-state index in [4.69, 9.17) is 0 Å². The Bertz CT molecular complexity index is 214. The van der Waals surface area contributed by atoms with Gasteiger partial charge in [-0.25, -0.2) is 0 Å². The number of unbranched alkanes of at least 4 members (excludes halogenated alkanes) is 9. The van der Waals surface area contributed by atoms with Crippen molar-refractivity contribution >= 4 is 0 Å². The first-order valence-electron chi connectivity index (χ1n) is 10.1. The van der Waals surface area contributed by atoms with Crippen LogP contribution in [0.1, 0.15) is 110 Å². The quantitative estimate of drug-likeness (QED) is 0.384. The molecule has 1 N–H and O–H groups in total. The minimum Gasteiger partial charge on any atom is -0.314 e. The van der Waals surface area contributed by atoms with E-state index in [-0.39, 0.29) is 0 Å². The third-order valence-corrected chi connectivity index (χ3v) is 5.32. The van der Waals surface area contributed by atoms with E-state index in [2.05, 4.69) is 19.2 Å². The average Bonchev–Trinajstić information content (AvgIpc) is 2.53. The van der Waals surface area contributed by atoms with Crippen LogP contribution < -0.4 is 5.32 Å². The lowest BCUT2D eigenvalue weighted by Crippen LogP contribution is -2.34. The molecule has 1 aliphatic carbocycles. The first-order valence-corrected chi connectivity index (χ1v) is 10.1. The molecule has 0 saturated heterocycles. The molecule has 0 bridgehead atoms. The van der Waals surface area contributed by atoms with Crippen LogP contribution in [-0.4, -0.2) is 12.6 Å². The van der Waals surface area contributed by atoms with Crippen LogP contribution in [-0.2, 0) is 0 Å². The Morgan fingerprint density at radius 1 is 0.762 bits per heavy atom. The van der Waals surface area contributed by atoms with Gasteiger partial charge in [0.05, 0.1) is 0 Å². The monoisotopic (exact) mass is 295 g/mol. The average molecular weight is 296 g/mol. The highest BCUT2D eigenvalue weighted by atomic mass is 14.9. The molecule has 1 rings (SSSR count). The van der Waals surface area contributed by atoms with Crippen LogP contribution >= 0.6 is 0 Å². The molecule has 0 aromatic rings. The summed E-state index contributed by atoms with van der Waals surface area (Å²) >= 11 is 0. The van der Waals surface area contributed by atoms with E-state index in [0.29, 0.717) is 0 Å². The van der Waals surface area contributed by atoms with Gasteiger partial charge in [0, 0.05) is 6.04 Å². The van der Waals surface area contributed by atoms with E-state index in [1.165, 1.54) is 103 Å². The van der Waals surface area contributed by atoms with Crippen molar-refractivity contribution in [2.75, 3.05) is 6.54 Å². The zero-order valence-electron chi connectivity index (χ0n) is 15.0. The Morgan fingerprint density at radius 2 is 1.38 bits per heavy atom. The van der Waals surface area contributed by atoms with Gasteiger partial charge in [0.2, 0.25) is 0 Å². The molecule has 0 radical (unpaired) electrons. The molecule has 1 saturated carbocycles. The molecule has 1 aliphatic rings. The van der Waals surface area contributed by atoms with Gasteiger partial charge < -0.3 is 5.32 Å². The maximum Gasteiger partial charge on any atom is 0.00697 e. The van der Waals surface area contributed by atoms with Gasteiger partial charge >= 0.3 is 0 Å². The molecule has 0 heterocycles. The highest BCUT2D eigenvalue weighted by molar-refractivity contribution is 4.77. The molecule has 2 atom stereocenters. The fourth-order valence-electron chi connectivity index (χ4n) is 3.77. The summed E-state index contributed by atoms with van der Waals surface area (Å²) in [5, 5.41) is 3.81. The highest BCUT2D eigenvalue weighted by Crippen LogP contribution is 2.26. The smallest absolute Gasteiger partial charge is 0.00697 e. The molecule has 0 spiro atoms. The Morgan fingerprint density at radius 3 is 2.00 bits per heavy atom. The summed E-state index contributed by atoms with van der Waals surface area (Å²) in [6.45, 7) is 5.91. The number of nitrogens with one attached hydrogen (secondary N) is 1. The van der Waals surface area contributed by atoms with Crippen molar-refractivity contribution in [1.82, 2.24) is 5.32 Å². The molecule has 1 fully saturated rings. The molecular formula is C20H41N. The summed E-state index contributed by atoms with van der Waals surface area (Å²) in [6, 6.07) is 0.835. The van der Waals surface area contributed by atoms with Gasteiger partial charge in [0.15, 0.2) is 0 Å². The lowest BCUT2D eigenvalue weighted by molar-refractivity contribution is 0.278. The van der Waals surface area contributed by atoms with Crippen molar-refractivity contribution in [1.29, 1.82) is 0 Å². The predicted octanol–water partition coefficient (Wildman–Crippen LogP) is 6.47. The Balaban J connectivity index is 1.80. The van der Waals surface area contributed by atoms with Crippen molar-refractivity contribution < 1.29 is 0 Å². The zero-order valence-corrected chi connectivity index (χ0v) is 15.0.